The maximum atomic E-state index is 12.4. The summed E-state index contributed by atoms with van der Waals surface area (Å²) in [6.45, 7) is 8.54. The van der Waals surface area contributed by atoms with Crippen LogP contribution in [-0.2, 0) is 11.3 Å². The van der Waals surface area contributed by atoms with Gasteiger partial charge in [-0.3, -0.25) is 4.79 Å². The van der Waals surface area contributed by atoms with Crippen molar-refractivity contribution < 1.29 is 9.53 Å². The van der Waals surface area contributed by atoms with E-state index in [2.05, 4.69) is 11.4 Å². The minimum atomic E-state index is -0.472. The second kappa shape index (κ2) is 7.82. The molecule has 122 valence electrons. The standard InChI is InChI=1S/C20H25NO2/c1-5-18(23-19-12-15(3)9-10-16(19)4)20(22)21-13-17-8-6-7-14(2)11-17/h6-12,18H,5,13H2,1-4H3,(H,21,22)/t18-/m0/s1. The maximum absolute atomic E-state index is 12.4. The molecule has 23 heavy (non-hydrogen) atoms. The minimum Gasteiger partial charge on any atom is -0.480 e. The van der Waals surface area contributed by atoms with Gasteiger partial charge in [0.15, 0.2) is 6.10 Å². The zero-order valence-corrected chi connectivity index (χ0v) is 14.3. The molecule has 2 aromatic carbocycles. The van der Waals surface area contributed by atoms with Crippen LogP contribution in [0.15, 0.2) is 42.5 Å². The van der Waals surface area contributed by atoms with Crippen LogP contribution in [0.5, 0.6) is 5.75 Å². The van der Waals surface area contributed by atoms with E-state index < -0.39 is 6.10 Å². The zero-order valence-electron chi connectivity index (χ0n) is 14.3. The highest BCUT2D eigenvalue weighted by Gasteiger charge is 2.18. The topological polar surface area (TPSA) is 38.3 Å². The number of rotatable bonds is 6. The fourth-order valence-corrected chi connectivity index (χ4v) is 2.43. The lowest BCUT2D eigenvalue weighted by molar-refractivity contribution is -0.128. The van der Waals surface area contributed by atoms with E-state index in [4.69, 9.17) is 4.74 Å². The first kappa shape index (κ1) is 17.1. The monoisotopic (exact) mass is 311 g/mol. The van der Waals surface area contributed by atoms with Gasteiger partial charge >= 0.3 is 0 Å². The molecule has 0 spiro atoms. The van der Waals surface area contributed by atoms with Crippen LogP contribution in [0.1, 0.15) is 35.6 Å². The second-order valence-corrected chi connectivity index (χ2v) is 5.99. The fraction of sp³-hybridized carbons (Fsp3) is 0.350. The van der Waals surface area contributed by atoms with Gasteiger partial charge in [-0.05, 0) is 49.9 Å². The van der Waals surface area contributed by atoms with Gasteiger partial charge in [-0.2, -0.15) is 0 Å². The molecular weight excluding hydrogens is 286 g/mol. The van der Waals surface area contributed by atoms with E-state index in [1.54, 1.807) is 0 Å². The van der Waals surface area contributed by atoms with E-state index in [1.807, 2.05) is 64.1 Å². The number of ether oxygens (including phenoxy) is 1. The summed E-state index contributed by atoms with van der Waals surface area (Å²) in [6.07, 6.45) is 0.160. The van der Waals surface area contributed by atoms with Crippen molar-refractivity contribution in [3.63, 3.8) is 0 Å². The van der Waals surface area contributed by atoms with Gasteiger partial charge in [-0.1, -0.05) is 48.9 Å². The Balaban J connectivity index is 1.99. The largest absolute Gasteiger partial charge is 0.480 e. The number of nitrogens with one attached hydrogen (secondary N) is 1. The normalized spacial score (nSPS) is 11.8. The quantitative estimate of drug-likeness (QED) is 0.872. The maximum Gasteiger partial charge on any atom is 0.261 e. The molecular formula is C20H25NO2. The van der Waals surface area contributed by atoms with Crippen LogP contribution in [0.25, 0.3) is 0 Å². The van der Waals surface area contributed by atoms with Gasteiger partial charge < -0.3 is 10.1 Å². The lowest BCUT2D eigenvalue weighted by Crippen LogP contribution is -2.37. The van der Waals surface area contributed by atoms with Crippen molar-refractivity contribution in [1.29, 1.82) is 0 Å². The molecule has 0 aromatic heterocycles. The van der Waals surface area contributed by atoms with E-state index in [9.17, 15) is 4.79 Å². The van der Waals surface area contributed by atoms with Gasteiger partial charge in [0.2, 0.25) is 0 Å². The van der Waals surface area contributed by atoms with Crippen molar-refractivity contribution in [3.05, 3.63) is 64.7 Å². The predicted molar refractivity (Wildman–Crippen MR) is 93.6 cm³/mol. The first-order valence-corrected chi connectivity index (χ1v) is 8.06. The third-order valence-electron chi connectivity index (χ3n) is 3.83. The van der Waals surface area contributed by atoms with Gasteiger partial charge in [-0.25, -0.2) is 0 Å². The summed E-state index contributed by atoms with van der Waals surface area (Å²) in [5, 5.41) is 2.97. The van der Waals surface area contributed by atoms with Gasteiger partial charge in [0.1, 0.15) is 5.75 Å². The fourth-order valence-electron chi connectivity index (χ4n) is 2.43. The summed E-state index contributed by atoms with van der Waals surface area (Å²) in [5.74, 6) is 0.706. The Bertz CT molecular complexity index is 679. The molecule has 1 N–H and O–H groups in total. The number of amides is 1. The van der Waals surface area contributed by atoms with E-state index in [1.165, 1.54) is 5.56 Å². The molecule has 0 saturated heterocycles. The first-order chi connectivity index (χ1) is 11.0. The number of aryl methyl sites for hydroxylation is 3. The molecule has 0 saturated carbocycles. The highest BCUT2D eigenvalue weighted by molar-refractivity contribution is 5.81. The number of hydrogen-bond acceptors (Lipinski definition) is 2. The van der Waals surface area contributed by atoms with E-state index in [0.717, 1.165) is 22.4 Å². The Kier molecular flexibility index (Phi) is 5.80. The van der Waals surface area contributed by atoms with Crippen LogP contribution in [0.4, 0.5) is 0 Å². The Morgan fingerprint density at radius 1 is 1.09 bits per heavy atom. The molecule has 0 unspecified atom stereocenters. The van der Waals surface area contributed by atoms with Gasteiger partial charge in [-0.15, -0.1) is 0 Å². The summed E-state index contributed by atoms with van der Waals surface area (Å²) >= 11 is 0. The Labute approximate surface area is 138 Å². The number of hydrogen-bond donors (Lipinski definition) is 1. The number of benzene rings is 2. The molecule has 1 atom stereocenters. The summed E-state index contributed by atoms with van der Waals surface area (Å²) < 4.78 is 5.94. The third kappa shape index (κ3) is 4.85. The molecule has 3 nitrogen and oxygen atoms in total. The molecule has 0 heterocycles. The van der Waals surface area contributed by atoms with Crippen LogP contribution < -0.4 is 10.1 Å². The molecule has 0 radical (unpaired) electrons. The SMILES string of the molecule is CC[C@H](Oc1cc(C)ccc1C)C(=O)NCc1cccc(C)c1. The minimum absolute atomic E-state index is 0.0742. The van der Waals surface area contributed by atoms with Crippen molar-refractivity contribution in [2.24, 2.45) is 0 Å². The van der Waals surface area contributed by atoms with Gasteiger partial charge in [0.05, 0.1) is 0 Å². The van der Waals surface area contributed by atoms with E-state index in [0.29, 0.717) is 13.0 Å². The Hall–Kier alpha value is -2.29. The zero-order chi connectivity index (χ0) is 16.8. The molecule has 0 aliphatic heterocycles. The van der Waals surface area contributed by atoms with Crippen molar-refractivity contribution in [3.8, 4) is 5.75 Å². The van der Waals surface area contributed by atoms with Crippen LogP contribution in [0.2, 0.25) is 0 Å². The molecule has 0 bridgehead atoms. The highest BCUT2D eigenvalue weighted by atomic mass is 16.5. The van der Waals surface area contributed by atoms with Gasteiger partial charge in [0.25, 0.3) is 5.91 Å². The van der Waals surface area contributed by atoms with Crippen LogP contribution in [-0.4, -0.2) is 12.0 Å². The Morgan fingerprint density at radius 3 is 2.52 bits per heavy atom. The number of carbonyl (C=O) groups excluding carboxylic acids is 1. The van der Waals surface area contributed by atoms with Crippen LogP contribution >= 0.6 is 0 Å². The molecule has 2 aromatic rings. The highest BCUT2D eigenvalue weighted by Crippen LogP contribution is 2.21. The lowest BCUT2D eigenvalue weighted by atomic mass is 10.1. The molecule has 3 heteroatoms. The lowest BCUT2D eigenvalue weighted by Gasteiger charge is -2.19. The third-order valence-corrected chi connectivity index (χ3v) is 3.83. The molecule has 2 rings (SSSR count). The van der Waals surface area contributed by atoms with Gasteiger partial charge in [0, 0.05) is 6.54 Å². The van der Waals surface area contributed by atoms with Crippen molar-refractivity contribution in [1.82, 2.24) is 5.32 Å². The molecule has 0 aliphatic carbocycles. The smallest absolute Gasteiger partial charge is 0.261 e. The summed E-state index contributed by atoms with van der Waals surface area (Å²) in [6, 6.07) is 14.2. The van der Waals surface area contributed by atoms with Crippen molar-refractivity contribution >= 4 is 5.91 Å². The summed E-state index contributed by atoms with van der Waals surface area (Å²) in [7, 11) is 0. The average molecular weight is 311 g/mol. The van der Waals surface area contributed by atoms with Crippen molar-refractivity contribution in [2.45, 2.75) is 46.8 Å². The van der Waals surface area contributed by atoms with E-state index in [-0.39, 0.29) is 5.91 Å². The Morgan fingerprint density at radius 2 is 1.83 bits per heavy atom. The van der Waals surface area contributed by atoms with Crippen molar-refractivity contribution in [2.75, 3.05) is 0 Å². The molecule has 0 fully saturated rings. The first-order valence-electron chi connectivity index (χ1n) is 8.06. The summed E-state index contributed by atoms with van der Waals surface area (Å²) in [4.78, 5) is 12.4. The summed E-state index contributed by atoms with van der Waals surface area (Å²) in [5.41, 5.74) is 4.46. The predicted octanol–water partition coefficient (Wildman–Crippen LogP) is 4.09. The molecule has 1 amide bonds. The second-order valence-electron chi connectivity index (χ2n) is 5.99. The average Bonchev–Trinajstić information content (AvgIpc) is 2.53. The number of carbonyl (C=O) groups is 1. The molecule has 0 aliphatic rings. The van der Waals surface area contributed by atoms with Crippen LogP contribution in [0, 0.1) is 20.8 Å². The van der Waals surface area contributed by atoms with E-state index >= 15 is 0 Å². The van der Waals surface area contributed by atoms with Crippen LogP contribution in [0.3, 0.4) is 0 Å².